The quantitative estimate of drug-likeness (QED) is 0.871. The molecule has 2 aromatic rings. The molecular weight excluding hydrogens is 272 g/mol. The van der Waals surface area contributed by atoms with E-state index >= 15 is 0 Å². The number of amides is 1. The third-order valence-electron chi connectivity index (χ3n) is 3.40. The highest BCUT2D eigenvalue weighted by Gasteiger charge is 2.31. The first-order chi connectivity index (χ1) is 10.1. The van der Waals surface area contributed by atoms with Gasteiger partial charge in [0, 0.05) is 13.0 Å². The molecule has 1 aromatic carbocycles. The highest BCUT2D eigenvalue weighted by atomic mass is 16.5. The van der Waals surface area contributed by atoms with Crippen molar-refractivity contribution in [1.82, 2.24) is 10.2 Å². The number of aromatic nitrogens is 2. The van der Waals surface area contributed by atoms with E-state index in [1.165, 1.54) is 0 Å². The van der Waals surface area contributed by atoms with Crippen molar-refractivity contribution in [2.45, 2.75) is 13.0 Å². The molecule has 1 aliphatic rings. The fraction of sp³-hybridized carbons (Fsp3) is 0.357. The van der Waals surface area contributed by atoms with Gasteiger partial charge in [0.2, 0.25) is 17.7 Å². The number of ether oxygens (including phenoxy) is 1. The Labute approximate surface area is 121 Å². The van der Waals surface area contributed by atoms with Crippen LogP contribution in [0.3, 0.4) is 0 Å². The lowest BCUT2D eigenvalue weighted by atomic mass is 10.0. The Kier molecular flexibility index (Phi) is 3.68. The first kappa shape index (κ1) is 13.7. The van der Waals surface area contributed by atoms with Gasteiger partial charge in [-0.25, -0.2) is 0 Å². The van der Waals surface area contributed by atoms with Crippen LogP contribution in [0, 0.1) is 12.8 Å². The number of nitrogens with two attached hydrogens (primary N) is 1. The number of benzene rings is 1. The van der Waals surface area contributed by atoms with Crippen molar-refractivity contribution >= 4 is 11.6 Å². The summed E-state index contributed by atoms with van der Waals surface area (Å²) in [7, 11) is 0. The van der Waals surface area contributed by atoms with Crippen LogP contribution in [0.1, 0.15) is 5.89 Å². The van der Waals surface area contributed by atoms with Crippen LogP contribution >= 0.6 is 0 Å². The molecule has 0 radical (unpaired) electrons. The number of hydrogen-bond acceptors (Lipinski definition) is 6. The van der Waals surface area contributed by atoms with Crippen molar-refractivity contribution in [1.29, 1.82) is 0 Å². The number of para-hydroxylation sites is 1. The van der Waals surface area contributed by atoms with Gasteiger partial charge in [0.25, 0.3) is 0 Å². The summed E-state index contributed by atoms with van der Waals surface area (Å²) in [5.41, 5.74) is 7.15. The Morgan fingerprint density at radius 3 is 2.81 bits per heavy atom. The minimum Gasteiger partial charge on any atom is -0.421 e. The molecule has 110 valence electrons. The molecule has 21 heavy (non-hydrogen) atoms. The number of rotatable bonds is 3. The fourth-order valence-corrected chi connectivity index (χ4v) is 2.25. The number of carbonyl (C=O) groups is 1. The maximum atomic E-state index is 12.3. The predicted octanol–water partition coefficient (Wildman–Crippen LogP) is 0.957. The smallest absolute Gasteiger partial charge is 0.249 e. The number of carbonyl (C=O) groups excluding carboxylic acids is 1. The molecule has 0 spiro atoms. The topological polar surface area (TPSA) is 103 Å². The SMILES string of the molecule is Cc1nnc(-c2ccccc2NC(=O)C2COCC2N)o1. The van der Waals surface area contributed by atoms with Crippen molar-refractivity contribution in [2.24, 2.45) is 11.7 Å². The van der Waals surface area contributed by atoms with Crippen molar-refractivity contribution in [2.75, 3.05) is 18.5 Å². The first-order valence-corrected chi connectivity index (χ1v) is 6.69. The van der Waals surface area contributed by atoms with E-state index in [1.54, 1.807) is 13.0 Å². The second-order valence-corrected chi connectivity index (χ2v) is 4.97. The fourth-order valence-electron chi connectivity index (χ4n) is 2.25. The molecule has 3 rings (SSSR count). The van der Waals surface area contributed by atoms with E-state index in [9.17, 15) is 4.79 Å². The van der Waals surface area contributed by atoms with E-state index in [0.29, 0.717) is 36.2 Å². The van der Waals surface area contributed by atoms with Gasteiger partial charge < -0.3 is 20.2 Å². The van der Waals surface area contributed by atoms with Gasteiger partial charge in [-0.1, -0.05) is 12.1 Å². The Morgan fingerprint density at radius 2 is 2.14 bits per heavy atom. The number of nitrogens with one attached hydrogen (secondary N) is 1. The van der Waals surface area contributed by atoms with Gasteiger partial charge in [-0.15, -0.1) is 10.2 Å². The second-order valence-electron chi connectivity index (χ2n) is 4.97. The number of hydrogen-bond donors (Lipinski definition) is 2. The highest BCUT2D eigenvalue weighted by Crippen LogP contribution is 2.27. The standard InChI is InChI=1S/C14H16N4O3/c1-8-17-18-14(21-8)9-4-2-3-5-12(9)16-13(19)10-6-20-7-11(10)15/h2-5,10-11H,6-7,15H2,1H3,(H,16,19). The molecular formula is C14H16N4O3. The van der Waals surface area contributed by atoms with E-state index < -0.39 is 0 Å². The van der Waals surface area contributed by atoms with Gasteiger partial charge in [-0.2, -0.15) is 0 Å². The zero-order valence-electron chi connectivity index (χ0n) is 11.6. The zero-order valence-corrected chi connectivity index (χ0v) is 11.6. The van der Waals surface area contributed by atoms with Crippen LogP contribution in [-0.2, 0) is 9.53 Å². The number of nitrogens with zero attached hydrogens (tertiary/aromatic N) is 2. The molecule has 1 amide bonds. The molecule has 2 heterocycles. The Bertz CT molecular complexity index is 655. The molecule has 7 nitrogen and oxygen atoms in total. The van der Waals surface area contributed by atoms with Crippen LogP contribution in [0.4, 0.5) is 5.69 Å². The molecule has 2 unspecified atom stereocenters. The molecule has 1 saturated heterocycles. The maximum Gasteiger partial charge on any atom is 0.249 e. The summed E-state index contributed by atoms with van der Waals surface area (Å²) in [6, 6.07) is 6.99. The third-order valence-corrected chi connectivity index (χ3v) is 3.40. The highest BCUT2D eigenvalue weighted by molar-refractivity contribution is 5.96. The molecule has 0 aliphatic carbocycles. The lowest BCUT2D eigenvalue weighted by molar-refractivity contribution is -0.120. The molecule has 7 heteroatoms. The summed E-state index contributed by atoms with van der Waals surface area (Å²) in [6.45, 7) is 2.46. The van der Waals surface area contributed by atoms with Gasteiger partial charge in [0.1, 0.15) is 0 Å². The minimum absolute atomic E-state index is 0.163. The van der Waals surface area contributed by atoms with Crippen LogP contribution in [0.15, 0.2) is 28.7 Å². The monoisotopic (exact) mass is 288 g/mol. The van der Waals surface area contributed by atoms with Gasteiger partial charge in [-0.3, -0.25) is 4.79 Å². The number of aryl methyl sites for hydroxylation is 1. The van der Waals surface area contributed by atoms with Crippen molar-refractivity contribution < 1.29 is 13.9 Å². The summed E-state index contributed by atoms with van der Waals surface area (Å²) in [6.07, 6.45) is 0. The molecule has 0 bridgehead atoms. The zero-order chi connectivity index (χ0) is 14.8. The van der Waals surface area contributed by atoms with Gasteiger partial charge >= 0.3 is 0 Å². The maximum absolute atomic E-state index is 12.3. The molecule has 1 fully saturated rings. The molecule has 2 atom stereocenters. The van der Waals surface area contributed by atoms with Crippen molar-refractivity contribution in [3.63, 3.8) is 0 Å². The van der Waals surface area contributed by atoms with Crippen LogP contribution < -0.4 is 11.1 Å². The van der Waals surface area contributed by atoms with Crippen LogP contribution in [0.25, 0.3) is 11.5 Å². The van der Waals surface area contributed by atoms with Crippen molar-refractivity contribution in [3.05, 3.63) is 30.2 Å². The third kappa shape index (κ3) is 2.79. The Hall–Kier alpha value is -2.25. The summed E-state index contributed by atoms with van der Waals surface area (Å²) in [5.74, 6) is 0.332. The van der Waals surface area contributed by atoms with Crippen LogP contribution in [-0.4, -0.2) is 35.4 Å². The lowest BCUT2D eigenvalue weighted by Gasteiger charge is -2.14. The predicted molar refractivity (Wildman–Crippen MR) is 75.4 cm³/mol. The molecule has 3 N–H and O–H groups in total. The summed E-state index contributed by atoms with van der Waals surface area (Å²) < 4.78 is 10.6. The van der Waals surface area contributed by atoms with Gasteiger partial charge in [-0.05, 0) is 12.1 Å². The first-order valence-electron chi connectivity index (χ1n) is 6.69. The minimum atomic E-state index is -0.345. The largest absolute Gasteiger partial charge is 0.421 e. The normalized spacial score (nSPS) is 21.4. The average Bonchev–Trinajstić information content (AvgIpc) is 3.08. The van der Waals surface area contributed by atoms with E-state index in [-0.39, 0.29) is 17.9 Å². The van der Waals surface area contributed by atoms with Crippen LogP contribution in [0.2, 0.25) is 0 Å². The van der Waals surface area contributed by atoms with E-state index in [0.717, 1.165) is 0 Å². The Morgan fingerprint density at radius 1 is 1.33 bits per heavy atom. The van der Waals surface area contributed by atoms with Crippen molar-refractivity contribution in [3.8, 4) is 11.5 Å². The van der Waals surface area contributed by atoms with E-state index in [2.05, 4.69) is 15.5 Å². The van der Waals surface area contributed by atoms with E-state index in [1.807, 2.05) is 18.2 Å². The second kappa shape index (κ2) is 5.63. The summed E-state index contributed by atoms with van der Waals surface area (Å²) >= 11 is 0. The van der Waals surface area contributed by atoms with Gasteiger partial charge in [0.15, 0.2) is 0 Å². The Balaban J connectivity index is 1.84. The average molecular weight is 288 g/mol. The molecule has 0 saturated carbocycles. The molecule has 1 aromatic heterocycles. The lowest BCUT2D eigenvalue weighted by Crippen LogP contribution is -2.37. The van der Waals surface area contributed by atoms with E-state index in [4.69, 9.17) is 14.9 Å². The number of anilines is 1. The molecule has 1 aliphatic heterocycles. The van der Waals surface area contributed by atoms with Gasteiger partial charge in [0.05, 0.1) is 30.4 Å². The summed E-state index contributed by atoms with van der Waals surface area (Å²) in [4.78, 5) is 12.3. The van der Waals surface area contributed by atoms with Crippen LogP contribution in [0.5, 0.6) is 0 Å². The summed E-state index contributed by atoms with van der Waals surface area (Å²) in [5, 5.41) is 10.6.